The van der Waals surface area contributed by atoms with E-state index in [1.54, 1.807) is 0 Å². The van der Waals surface area contributed by atoms with Crippen molar-refractivity contribution in [3.05, 3.63) is 42.1 Å². The van der Waals surface area contributed by atoms with Crippen LogP contribution < -0.4 is 5.32 Å². The molecule has 2 atom stereocenters. The number of nitrogens with one attached hydrogen (secondary N) is 1. The molecule has 1 aromatic carbocycles. The highest BCUT2D eigenvalue weighted by molar-refractivity contribution is 14.0. The number of nitrogens with zero attached hydrogens (tertiary/aromatic N) is 3. The number of piperidine rings is 1. The Kier molecular flexibility index (Phi) is 6.83. The quantitative estimate of drug-likeness (QED) is 0.439. The van der Waals surface area contributed by atoms with Crippen LogP contribution in [0, 0.1) is 11.8 Å². The SMILES string of the molecule is CN=C(NCc1cccc2cccnc12)N1CC(C)CC(C)C1.I. The molecule has 2 aromatic rings. The van der Waals surface area contributed by atoms with Crippen molar-refractivity contribution in [3.63, 3.8) is 0 Å². The lowest BCUT2D eigenvalue weighted by Gasteiger charge is -2.37. The molecule has 1 aliphatic rings. The molecule has 0 aliphatic carbocycles. The Labute approximate surface area is 161 Å². The Morgan fingerprint density at radius 2 is 1.92 bits per heavy atom. The van der Waals surface area contributed by atoms with Gasteiger partial charge >= 0.3 is 0 Å². The summed E-state index contributed by atoms with van der Waals surface area (Å²) in [5.74, 6) is 2.43. The fourth-order valence-electron chi connectivity index (χ4n) is 3.65. The van der Waals surface area contributed by atoms with Crippen LogP contribution in [0.3, 0.4) is 0 Å². The molecule has 4 nitrogen and oxygen atoms in total. The molecule has 1 aliphatic heterocycles. The van der Waals surface area contributed by atoms with Crippen molar-refractivity contribution in [3.8, 4) is 0 Å². The van der Waals surface area contributed by atoms with Gasteiger partial charge in [-0.3, -0.25) is 9.98 Å². The molecule has 0 spiro atoms. The molecule has 0 radical (unpaired) electrons. The van der Waals surface area contributed by atoms with Crippen LogP contribution >= 0.6 is 24.0 Å². The summed E-state index contributed by atoms with van der Waals surface area (Å²) in [7, 11) is 1.87. The highest BCUT2D eigenvalue weighted by Gasteiger charge is 2.23. The Morgan fingerprint density at radius 3 is 2.62 bits per heavy atom. The third-order valence-corrected chi connectivity index (χ3v) is 4.53. The third kappa shape index (κ3) is 4.37. The first-order valence-corrected chi connectivity index (χ1v) is 8.45. The lowest BCUT2D eigenvalue weighted by atomic mass is 9.92. The fourth-order valence-corrected chi connectivity index (χ4v) is 3.65. The smallest absolute Gasteiger partial charge is 0.193 e. The van der Waals surface area contributed by atoms with E-state index in [0.717, 1.165) is 42.9 Å². The molecule has 0 bridgehead atoms. The fraction of sp³-hybridized carbons (Fsp3) is 0.474. The first-order valence-electron chi connectivity index (χ1n) is 8.45. The molecular weight excluding hydrogens is 411 g/mol. The predicted octanol–water partition coefficient (Wildman–Crippen LogP) is 3.91. The number of hydrogen-bond acceptors (Lipinski definition) is 2. The molecule has 2 unspecified atom stereocenters. The number of hydrogen-bond donors (Lipinski definition) is 1. The number of halogens is 1. The first-order chi connectivity index (χ1) is 11.2. The molecule has 3 rings (SSSR count). The topological polar surface area (TPSA) is 40.5 Å². The zero-order valence-corrected chi connectivity index (χ0v) is 17.0. The van der Waals surface area contributed by atoms with E-state index in [1.807, 2.05) is 19.3 Å². The van der Waals surface area contributed by atoms with Gasteiger partial charge in [-0.2, -0.15) is 0 Å². The summed E-state index contributed by atoms with van der Waals surface area (Å²) in [6, 6.07) is 10.4. The normalized spacial score (nSPS) is 21.5. The Morgan fingerprint density at radius 1 is 1.21 bits per heavy atom. The Bertz CT molecular complexity index is 685. The second-order valence-corrected chi connectivity index (χ2v) is 6.74. The van der Waals surface area contributed by atoms with Gasteiger partial charge in [0.1, 0.15) is 0 Å². The number of pyridine rings is 1. The van der Waals surface area contributed by atoms with E-state index in [2.05, 4.69) is 58.3 Å². The van der Waals surface area contributed by atoms with Gasteiger partial charge < -0.3 is 10.2 Å². The van der Waals surface area contributed by atoms with Crippen molar-refractivity contribution in [1.82, 2.24) is 15.2 Å². The van der Waals surface area contributed by atoms with Crippen LogP contribution in [0.2, 0.25) is 0 Å². The largest absolute Gasteiger partial charge is 0.352 e. The van der Waals surface area contributed by atoms with Crippen molar-refractivity contribution < 1.29 is 0 Å². The first kappa shape index (κ1) is 19.0. The van der Waals surface area contributed by atoms with E-state index in [4.69, 9.17) is 0 Å². The Hall–Kier alpha value is -1.37. The van der Waals surface area contributed by atoms with E-state index in [1.165, 1.54) is 17.4 Å². The van der Waals surface area contributed by atoms with E-state index in [0.29, 0.717) is 0 Å². The highest BCUT2D eigenvalue weighted by Crippen LogP contribution is 2.21. The minimum absolute atomic E-state index is 0. The van der Waals surface area contributed by atoms with Gasteiger partial charge in [-0.1, -0.05) is 38.1 Å². The van der Waals surface area contributed by atoms with Gasteiger partial charge in [0.05, 0.1) is 5.52 Å². The number of fused-ring (bicyclic) bond motifs is 1. The molecule has 0 saturated carbocycles. The number of aromatic nitrogens is 1. The monoisotopic (exact) mass is 438 g/mol. The van der Waals surface area contributed by atoms with Gasteiger partial charge in [0, 0.05) is 38.3 Å². The summed E-state index contributed by atoms with van der Waals surface area (Å²) in [5, 5.41) is 4.71. The number of guanidine groups is 1. The maximum absolute atomic E-state index is 4.53. The molecule has 1 saturated heterocycles. The van der Waals surface area contributed by atoms with E-state index in [-0.39, 0.29) is 24.0 Å². The van der Waals surface area contributed by atoms with Gasteiger partial charge in [0.15, 0.2) is 5.96 Å². The van der Waals surface area contributed by atoms with Crippen LogP contribution in [0.4, 0.5) is 0 Å². The molecule has 1 fully saturated rings. The van der Waals surface area contributed by atoms with Crippen molar-refractivity contribution in [1.29, 1.82) is 0 Å². The minimum Gasteiger partial charge on any atom is -0.352 e. The number of benzene rings is 1. The minimum atomic E-state index is 0. The van der Waals surface area contributed by atoms with Gasteiger partial charge in [-0.05, 0) is 29.9 Å². The van der Waals surface area contributed by atoms with Crippen molar-refractivity contribution in [2.45, 2.75) is 26.8 Å². The van der Waals surface area contributed by atoms with Crippen LogP contribution in [0.5, 0.6) is 0 Å². The van der Waals surface area contributed by atoms with Crippen molar-refractivity contribution >= 4 is 40.8 Å². The average molecular weight is 438 g/mol. The molecule has 24 heavy (non-hydrogen) atoms. The zero-order valence-electron chi connectivity index (χ0n) is 14.7. The highest BCUT2D eigenvalue weighted by atomic mass is 127. The lowest BCUT2D eigenvalue weighted by molar-refractivity contribution is 0.208. The summed E-state index contributed by atoms with van der Waals surface area (Å²) in [6.07, 6.45) is 3.16. The Balaban J connectivity index is 0.00000208. The van der Waals surface area contributed by atoms with Crippen LogP contribution in [-0.4, -0.2) is 36.0 Å². The summed E-state index contributed by atoms with van der Waals surface area (Å²) in [5.41, 5.74) is 2.28. The van der Waals surface area contributed by atoms with Crippen LogP contribution in [0.15, 0.2) is 41.5 Å². The second kappa shape index (κ2) is 8.65. The third-order valence-electron chi connectivity index (χ3n) is 4.53. The summed E-state index contributed by atoms with van der Waals surface area (Å²) < 4.78 is 0. The van der Waals surface area contributed by atoms with Gasteiger partial charge in [0.25, 0.3) is 0 Å². The van der Waals surface area contributed by atoms with Crippen LogP contribution in [0.25, 0.3) is 10.9 Å². The molecular formula is C19H27IN4. The molecule has 0 amide bonds. The van der Waals surface area contributed by atoms with Gasteiger partial charge in [0.2, 0.25) is 0 Å². The molecule has 2 heterocycles. The van der Waals surface area contributed by atoms with Gasteiger partial charge in [-0.25, -0.2) is 0 Å². The second-order valence-electron chi connectivity index (χ2n) is 6.74. The van der Waals surface area contributed by atoms with Crippen LogP contribution in [-0.2, 0) is 6.54 Å². The lowest BCUT2D eigenvalue weighted by Crippen LogP contribution is -2.48. The summed E-state index contributed by atoms with van der Waals surface area (Å²) in [6.45, 7) is 7.56. The average Bonchev–Trinajstić information content (AvgIpc) is 2.54. The van der Waals surface area contributed by atoms with E-state index in [9.17, 15) is 0 Å². The van der Waals surface area contributed by atoms with Crippen molar-refractivity contribution in [2.75, 3.05) is 20.1 Å². The van der Waals surface area contributed by atoms with Crippen molar-refractivity contribution in [2.24, 2.45) is 16.8 Å². The van der Waals surface area contributed by atoms with E-state index < -0.39 is 0 Å². The molecule has 5 heteroatoms. The number of aliphatic imine (C=N–C) groups is 1. The summed E-state index contributed by atoms with van der Waals surface area (Å²) >= 11 is 0. The molecule has 1 aromatic heterocycles. The number of rotatable bonds is 2. The maximum Gasteiger partial charge on any atom is 0.193 e. The molecule has 130 valence electrons. The number of likely N-dealkylation sites (tertiary alicyclic amines) is 1. The number of para-hydroxylation sites is 1. The predicted molar refractivity (Wildman–Crippen MR) is 112 cm³/mol. The van der Waals surface area contributed by atoms with E-state index >= 15 is 0 Å². The maximum atomic E-state index is 4.53. The molecule has 1 N–H and O–H groups in total. The van der Waals surface area contributed by atoms with Crippen LogP contribution in [0.1, 0.15) is 25.8 Å². The zero-order chi connectivity index (χ0) is 16.2. The standard InChI is InChI=1S/C19H26N4.HI/c1-14-10-15(2)13-23(12-14)19(20-3)22-11-17-7-4-6-16-8-5-9-21-18(16)17;/h4-9,14-15H,10-13H2,1-3H3,(H,20,22);1H. The van der Waals surface area contributed by atoms with Gasteiger partial charge in [-0.15, -0.1) is 24.0 Å². The summed E-state index contributed by atoms with van der Waals surface area (Å²) in [4.78, 5) is 11.4.